The van der Waals surface area contributed by atoms with E-state index in [0.29, 0.717) is 13.2 Å². The van der Waals surface area contributed by atoms with Crippen LogP contribution in [0.4, 0.5) is 4.79 Å². The number of amides is 1. The first-order chi connectivity index (χ1) is 5.74. The van der Waals surface area contributed by atoms with E-state index in [1.54, 1.807) is 6.92 Å². The van der Waals surface area contributed by atoms with Crippen molar-refractivity contribution in [1.29, 1.82) is 5.26 Å². The Hall–Kier alpha value is -1.24. The number of ether oxygens (including phenoxy) is 1. The molecule has 0 aromatic rings. The lowest BCUT2D eigenvalue weighted by atomic mass is 10.1. The van der Waals surface area contributed by atoms with Gasteiger partial charge in [0.05, 0.1) is 18.6 Å². The Labute approximate surface area is 72.5 Å². The molecule has 0 rings (SSSR count). The monoisotopic (exact) mass is 170 g/mol. The molecule has 1 atom stereocenters. The molecule has 0 aliphatic carbocycles. The molecule has 0 spiro atoms. The molecule has 0 saturated heterocycles. The van der Waals surface area contributed by atoms with Crippen molar-refractivity contribution in [2.24, 2.45) is 5.92 Å². The maximum atomic E-state index is 10.7. The highest BCUT2D eigenvalue weighted by Crippen LogP contribution is 1.97. The van der Waals surface area contributed by atoms with Crippen molar-refractivity contribution in [3.05, 3.63) is 0 Å². The molecule has 0 aliphatic rings. The largest absolute Gasteiger partial charge is 0.450 e. The average molecular weight is 170 g/mol. The number of nitrogens with zero attached hydrogens (tertiary/aromatic N) is 1. The van der Waals surface area contributed by atoms with Gasteiger partial charge in [-0.1, -0.05) is 6.92 Å². The maximum absolute atomic E-state index is 10.7. The van der Waals surface area contributed by atoms with Crippen molar-refractivity contribution >= 4 is 6.09 Å². The van der Waals surface area contributed by atoms with Gasteiger partial charge in [0.2, 0.25) is 0 Å². The number of hydrogen-bond donors (Lipinski definition) is 1. The molecule has 1 unspecified atom stereocenters. The van der Waals surface area contributed by atoms with E-state index in [-0.39, 0.29) is 5.92 Å². The van der Waals surface area contributed by atoms with Gasteiger partial charge in [-0.05, 0) is 13.3 Å². The summed E-state index contributed by atoms with van der Waals surface area (Å²) in [6.45, 7) is 4.36. The van der Waals surface area contributed by atoms with Gasteiger partial charge in [0.1, 0.15) is 0 Å². The van der Waals surface area contributed by atoms with Gasteiger partial charge in [0.25, 0.3) is 0 Å². The van der Waals surface area contributed by atoms with Crippen molar-refractivity contribution in [1.82, 2.24) is 5.32 Å². The SMILES string of the molecule is CCOC(=O)NCC(C#N)CC. The van der Waals surface area contributed by atoms with Crippen LogP contribution in [-0.2, 0) is 4.74 Å². The quantitative estimate of drug-likeness (QED) is 0.691. The van der Waals surface area contributed by atoms with Gasteiger partial charge in [-0.25, -0.2) is 4.79 Å². The van der Waals surface area contributed by atoms with Crippen LogP contribution in [0.3, 0.4) is 0 Å². The lowest BCUT2D eigenvalue weighted by Gasteiger charge is -2.07. The summed E-state index contributed by atoms with van der Waals surface area (Å²) < 4.78 is 4.62. The predicted octanol–water partition coefficient (Wildman–Crippen LogP) is 1.28. The van der Waals surface area contributed by atoms with Crippen molar-refractivity contribution in [3.63, 3.8) is 0 Å². The highest BCUT2D eigenvalue weighted by atomic mass is 16.5. The van der Waals surface area contributed by atoms with Gasteiger partial charge < -0.3 is 10.1 Å². The maximum Gasteiger partial charge on any atom is 0.407 e. The van der Waals surface area contributed by atoms with Crippen LogP contribution in [0.25, 0.3) is 0 Å². The molecule has 4 nitrogen and oxygen atoms in total. The Bertz CT molecular complexity index is 174. The normalized spacial score (nSPS) is 11.4. The van der Waals surface area contributed by atoms with Gasteiger partial charge >= 0.3 is 6.09 Å². The Morgan fingerprint density at radius 2 is 2.33 bits per heavy atom. The van der Waals surface area contributed by atoms with E-state index in [1.807, 2.05) is 6.92 Å². The zero-order valence-corrected chi connectivity index (χ0v) is 7.46. The number of carbonyl (C=O) groups excluding carboxylic acids is 1. The van der Waals surface area contributed by atoms with E-state index < -0.39 is 6.09 Å². The highest BCUT2D eigenvalue weighted by molar-refractivity contribution is 5.67. The van der Waals surface area contributed by atoms with Crippen LogP contribution in [0.15, 0.2) is 0 Å². The summed E-state index contributed by atoms with van der Waals surface area (Å²) >= 11 is 0. The molecule has 0 radical (unpaired) electrons. The Morgan fingerprint density at radius 3 is 2.75 bits per heavy atom. The van der Waals surface area contributed by atoms with E-state index in [4.69, 9.17) is 5.26 Å². The van der Waals surface area contributed by atoms with Crippen LogP contribution < -0.4 is 5.32 Å². The molecule has 0 bridgehead atoms. The molecule has 1 amide bonds. The smallest absolute Gasteiger partial charge is 0.407 e. The van der Waals surface area contributed by atoms with E-state index in [2.05, 4.69) is 16.1 Å². The fraction of sp³-hybridized carbons (Fsp3) is 0.750. The lowest BCUT2D eigenvalue weighted by molar-refractivity contribution is 0.151. The highest BCUT2D eigenvalue weighted by Gasteiger charge is 2.06. The summed E-state index contributed by atoms with van der Waals surface area (Å²) in [6, 6.07) is 2.08. The second-order valence-electron chi connectivity index (χ2n) is 2.34. The summed E-state index contributed by atoms with van der Waals surface area (Å²) in [4.78, 5) is 10.7. The van der Waals surface area contributed by atoms with Gasteiger partial charge in [-0.2, -0.15) is 5.26 Å². The summed E-state index contributed by atoms with van der Waals surface area (Å²) in [7, 11) is 0. The van der Waals surface area contributed by atoms with Crippen molar-refractivity contribution in [2.45, 2.75) is 20.3 Å². The van der Waals surface area contributed by atoms with Crippen LogP contribution in [0.1, 0.15) is 20.3 Å². The van der Waals surface area contributed by atoms with E-state index in [0.717, 1.165) is 6.42 Å². The molecule has 0 aromatic heterocycles. The van der Waals surface area contributed by atoms with Crippen LogP contribution in [0.2, 0.25) is 0 Å². The first kappa shape index (κ1) is 10.8. The number of rotatable bonds is 4. The van der Waals surface area contributed by atoms with Gasteiger partial charge in [0, 0.05) is 6.54 Å². The summed E-state index contributed by atoms with van der Waals surface area (Å²) in [5.74, 6) is -0.116. The van der Waals surface area contributed by atoms with Gasteiger partial charge in [-0.15, -0.1) is 0 Å². The molecule has 0 aliphatic heterocycles. The van der Waals surface area contributed by atoms with Crippen LogP contribution >= 0.6 is 0 Å². The van der Waals surface area contributed by atoms with Crippen molar-refractivity contribution in [3.8, 4) is 6.07 Å². The number of nitriles is 1. The molecule has 68 valence electrons. The standard InChI is InChI=1S/C8H14N2O2/c1-3-7(5-9)6-10-8(11)12-4-2/h7H,3-4,6H2,1-2H3,(H,10,11). The van der Waals surface area contributed by atoms with Crippen molar-refractivity contribution < 1.29 is 9.53 Å². The number of hydrogen-bond acceptors (Lipinski definition) is 3. The molecule has 1 N–H and O–H groups in total. The minimum Gasteiger partial charge on any atom is -0.450 e. The minimum absolute atomic E-state index is 0.116. The topological polar surface area (TPSA) is 62.1 Å². The van der Waals surface area contributed by atoms with Crippen molar-refractivity contribution in [2.75, 3.05) is 13.2 Å². The average Bonchev–Trinajstić information content (AvgIpc) is 2.07. The second kappa shape index (κ2) is 6.47. The van der Waals surface area contributed by atoms with E-state index >= 15 is 0 Å². The lowest BCUT2D eigenvalue weighted by Crippen LogP contribution is -2.29. The third-order valence-electron chi connectivity index (χ3n) is 1.44. The number of carbonyl (C=O) groups is 1. The first-order valence-corrected chi connectivity index (χ1v) is 4.04. The second-order valence-corrected chi connectivity index (χ2v) is 2.34. The molecule has 0 aromatic carbocycles. The van der Waals surface area contributed by atoms with E-state index in [1.165, 1.54) is 0 Å². The predicted molar refractivity (Wildman–Crippen MR) is 44.4 cm³/mol. The number of alkyl carbamates (subject to hydrolysis) is 1. The molecular weight excluding hydrogens is 156 g/mol. The first-order valence-electron chi connectivity index (χ1n) is 4.04. The molecular formula is C8H14N2O2. The zero-order valence-electron chi connectivity index (χ0n) is 7.46. The summed E-state index contributed by atoms with van der Waals surface area (Å²) in [5, 5.41) is 11.0. The van der Waals surface area contributed by atoms with Crippen LogP contribution in [0.5, 0.6) is 0 Å². The Kier molecular flexibility index (Phi) is 5.80. The van der Waals surface area contributed by atoms with Gasteiger partial charge in [-0.3, -0.25) is 0 Å². The van der Waals surface area contributed by atoms with E-state index in [9.17, 15) is 4.79 Å². The summed E-state index contributed by atoms with van der Waals surface area (Å²) in [5.41, 5.74) is 0. The molecule has 12 heavy (non-hydrogen) atoms. The summed E-state index contributed by atoms with van der Waals surface area (Å²) in [6.07, 6.45) is 0.286. The zero-order chi connectivity index (χ0) is 9.40. The molecule has 4 heteroatoms. The fourth-order valence-corrected chi connectivity index (χ4v) is 0.670. The van der Waals surface area contributed by atoms with Crippen LogP contribution in [-0.4, -0.2) is 19.2 Å². The Balaban J connectivity index is 3.53. The Morgan fingerprint density at radius 1 is 1.67 bits per heavy atom. The molecule has 0 fully saturated rings. The molecule has 0 saturated carbocycles. The third kappa shape index (κ3) is 4.56. The minimum atomic E-state index is -0.453. The number of nitrogens with one attached hydrogen (secondary N) is 1. The fourth-order valence-electron chi connectivity index (χ4n) is 0.670. The van der Waals surface area contributed by atoms with Gasteiger partial charge in [0.15, 0.2) is 0 Å². The third-order valence-corrected chi connectivity index (χ3v) is 1.44. The molecule has 0 heterocycles. The van der Waals surface area contributed by atoms with Crippen LogP contribution in [0, 0.1) is 17.2 Å².